The van der Waals surface area contributed by atoms with E-state index in [0.29, 0.717) is 6.04 Å². The minimum Gasteiger partial charge on any atom is -0.347 e. The maximum absolute atomic E-state index is 5.92. The van der Waals surface area contributed by atoms with E-state index in [9.17, 15) is 0 Å². The number of halogens is 1. The van der Waals surface area contributed by atoms with E-state index in [1.54, 1.807) is 6.33 Å². The number of imidazole rings is 1. The van der Waals surface area contributed by atoms with E-state index in [-0.39, 0.29) is 0 Å². The average molecular weight is 264 g/mol. The molecule has 0 amide bonds. The molecule has 1 aromatic heterocycles. The molecule has 0 aliphatic rings. The van der Waals surface area contributed by atoms with E-state index in [2.05, 4.69) is 34.3 Å². The van der Waals surface area contributed by atoms with Crippen molar-refractivity contribution in [2.24, 2.45) is 0 Å². The van der Waals surface area contributed by atoms with Gasteiger partial charge in [-0.05, 0) is 24.1 Å². The van der Waals surface area contributed by atoms with Crippen molar-refractivity contribution in [3.05, 3.63) is 53.1 Å². The summed E-state index contributed by atoms with van der Waals surface area (Å²) in [7, 11) is 0. The standard InChI is InChI=1S/C14H18ClN3/c1-2-3-14(11-4-6-12(15)7-5-11)17-9-13-8-16-10-18-13/h4-8,10,14,17H,2-3,9H2,1H3,(H,16,18). The monoisotopic (exact) mass is 263 g/mol. The summed E-state index contributed by atoms with van der Waals surface area (Å²) >= 11 is 5.92. The Balaban J connectivity index is 2.01. The van der Waals surface area contributed by atoms with Crippen molar-refractivity contribution < 1.29 is 0 Å². The Morgan fingerprint density at radius 3 is 2.72 bits per heavy atom. The summed E-state index contributed by atoms with van der Waals surface area (Å²) in [6.45, 7) is 2.99. The molecule has 96 valence electrons. The third kappa shape index (κ3) is 3.59. The van der Waals surface area contributed by atoms with Crippen molar-refractivity contribution >= 4 is 11.6 Å². The van der Waals surface area contributed by atoms with Crippen LogP contribution in [-0.4, -0.2) is 9.97 Å². The topological polar surface area (TPSA) is 40.7 Å². The van der Waals surface area contributed by atoms with Gasteiger partial charge in [0.25, 0.3) is 0 Å². The maximum atomic E-state index is 5.92. The summed E-state index contributed by atoms with van der Waals surface area (Å²) in [5.41, 5.74) is 2.38. The molecule has 2 rings (SSSR count). The normalized spacial score (nSPS) is 12.6. The van der Waals surface area contributed by atoms with Crippen LogP contribution in [0.5, 0.6) is 0 Å². The lowest BCUT2D eigenvalue weighted by Crippen LogP contribution is -2.21. The zero-order valence-electron chi connectivity index (χ0n) is 10.5. The molecule has 3 nitrogen and oxygen atoms in total. The number of rotatable bonds is 6. The van der Waals surface area contributed by atoms with Gasteiger partial charge in [0.1, 0.15) is 0 Å². The van der Waals surface area contributed by atoms with Gasteiger partial charge >= 0.3 is 0 Å². The molecule has 2 N–H and O–H groups in total. The minimum absolute atomic E-state index is 0.357. The second-order valence-electron chi connectivity index (χ2n) is 4.35. The predicted molar refractivity (Wildman–Crippen MR) is 74.5 cm³/mol. The quantitative estimate of drug-likeness (QED) is 0.834. The molecule has 0 saturated carbocycles. The third-order valence-corrected chi connectivity index (χ3v) is 3.20. The van der Waals surface area contributed by atoms with Crippen LogP contribution in [-0.2, 0) is 6.54 Å². The summed E-state index contributed by atoms with van der Waals surface area (Å²) < 4.78 is 0. The molecule has 0 saturated heterocycles. The van der Waals surface area contributed by atoms with Crippen LogP contribution in [0.2, 0.25) is 5.02 Å². The fraction of sp³-hybridized carbons (Fsp3) is 0.357. The van der Waals surface area contributed by atoms with Crippen LogP contribution in [0.15, 0.2) is 36.8 Å². The summed E-state index contributed by atoms with van der Waals surface area (Å²) in [4.78, 5) is 7.12. The van der Waals surface area contributed by atoms with Crippen LogP contribution in [0.25, 0.3) is 0 Å². The Labute approximate surface area is 113 Å². The molecular weight excluding hydrogens is 246 g/mol. The Hall–Kier alpha value is -1.32. The van der Waals surface area contributed by atoms with Crippen molar-refractivity contribution in [3.63, 3.8) is 0 Å². The van der Waals surface area contributed by atoms with Gasteiger partial charge in [-0.2, -0.15) is 0 Å². The molecule has 18 heavy (non-hydrogen) atoms. The van der Waals surface area contributed by atoms with Crippen molar-refractivity contribution in [1.82, 2.24) is 15.3 Å². The second-order valence-corrected chi connectivity index (χ2v) is 4.79. The molecule has 1 aromatic carbocycles. The Morgan fingerprint density at radius 2 is 2.11 bits per heavy atom. The molecule has 0 spiro atoms. The minimum atomic E-state index is 0.357. The fourth-order valence-electron chi connectivity index (χ4n) is 1.98. The van der Waals surface area contributed by atoms with Crippen molar-refractivity contribution in [3.8, 4) is 0 Å². The van der Waals surface area contributed by atoms with Crippen LogP contribution in [0.4, 0.5) is 0 Å². The molecule has 0 aliphatic heterocycles. The van der Waals surface area contributed by atoms with Gasteiger partial charge in [-0.1, -0.05) is 37.1 Å². The van der Waals surface area contributed by atoms with Gasteiger partial charge in [-0.25, -0.2) is 4.98 Å². The zero-order chi connectivity index (χ0) is 12.8. The molecule has 0 fully saturated rings. The number of nitrogens with zero attached hydrogens (tertiary/aromatic N) is 1. The Bertz CT molecular complexity index is 450. The van der Waals surface area contributed by atoms with E-state index in [1.807, 2.05) is 18.3 Å². The molecule has 1 atom stereocenters. The first-order chi connectivity index (χ1) is 8.79. The van der Waals surface area contributed by atoms with Crippen LogP contribution in [0.1, 0.15) is 37.1 Å². The van der Waals surface area contributed by atoms with Crippen molar-refractivity contribution in [2.75, 3.05) is 0 Å². The summed E-state index contributed by atoms with van der Waals surface area (Å²) in [6, 6.07) is 8.41. The zero-order valence-corrected chi connectivity index (χ0v) is 11.2. The Kier molecular flexibility index (Phi) is 4.79. The number of benzene rings is 1. The molecule has 4 heteroatoms. The number of aromatic amines is 1. The van der Waals surface area contributed by atoms with Crippen LogP contribution in [0, 0.1) is 0 Å². The maximum Gasteiger partial charge on any atom is 0.0922 e. The van der Waals surface area contributed by atoms with Crippen LogP contribution >= 0.6 is 11.6 Å². The summed E-state index contributed by atoms with van der Waals surface area (Å²) in [5.74, 6) is 0. The first kappa shape index (κ1) is 13.1. The third-order valence-electron chi connectivity index (χ3n) is 2.94. The summed E-state index contributed by atoms with van der Waals surface area (Å²) in [5, 5.41) is 4.32. The molecule has 0 radical (unpaired) electrons. The highest BCUT2D eigenvalue weighted by Crippen LogP contribution is 2.21. The Morgan fingerprint density at radius 1 is 1.33 bits per heavy atom. The fourth-order valence-corrected chi connectivity index (χ4v) is 2.11. The van der Waals surface area contributed by atoms with E-state index < -0.39 is 0 Å². The van der Waals surface area contributed by atoms with Gasteiger partial charge in [-0.3, -0.25) is 0 Å². The van der Waals surface area contributed by atoms with Gasteiger partial charge in [0.15, 0.2) is 0 Å². The lowest BCUT2D eigenvalue weighted by molar-refractivity contribution is 0.490. The first-order valence-corrected chi connectivity index (χ1v) is 6.63. The predicted octanol–water partition coefficient (Wildman–Crippen LogP) is 3.69. The molecule has 0 aliphatic carbocycles. The van der Waals surface area contributed by atoms with Gasteiger partial charge in [0, 0.05) is 29.5 Å². The van der Waals surface area contributed by atoms with Crippen molar-refractivity contribution in [1.29, 1.82) is 0 Å². The highest BCUT2D eigenvalue weighted by molar-refractivity contribution is 6.30. The van der Waals surface area contributed by atoms with Crippen LogP contribution in [0.3, 0.4) is 0 Å². The lowest BCUT2D eigenvalue weighted by atomic mass is 10.0. The molecule has 2 aromatic rings. The average Bonchev–Trinajstić information content (AvgIpc) is 2.89. The largest absolute Gasteiger partial charge is 0.347 e. The van der Waals surface area contributed by atoms with E-state index in [1.165, 1.54) is 5.56 Å². The molecular formula is C14H18ClN3. The number of nitrogens with one attached hydrogen (secondary N) is 2. The lowest BCUT2D eigenvalue weighted by Gasteiger charge is -2.18. The second kappa shape index (κ2) is 6.57. The van der Waals surface area contributed by atoms with E-state index in [0.717, 1.165) is 30.1 Å². The van der Waals surface area contributed by atoms with Crippen LogP contribution < -0.4 is 5.32 Å². The molecule has 1 unspecified atom stereocenters. The van der Waals surface area contributed by atoms with Gasteiger partial charge in [0.2, 0.25) is 0 Å². The highest BCUT2D eigenvalue weighted by atomic mass is 35.5. The van der Waals surface area contributed by atoms with Gasteiger partial charge in [-0.15, -0.1) is 0 Å². The van der Waals surface area contributed by atoms with Crippen molar-refractivity contribution in [2.45, 2.75) is 32.4 Å². The SMILES string of the molecule is CCCC(NCc1cnc[nH]1)c1ccc(Cl)cc1. The summed E-state index contributed by atoms with van der Waals surface area (Å²) in [6.07, 6.45) is 5.80. The van der Waals surface area contributed by atoms with E-state index >= 15 is 0 Å². The number of H-pyrrole nitrogens is 1. The molecule has 1 heterocycles. The molecule has 0 bridgehead atoms. The number of hydrogen-bond donors (Lipinski definition) is 2. The number of aromatic nitrogens is 2. The van der Waals surface area contributed by atoms with Gasteiger partial charge in [0.05, 0.1) is 6.33 Å². The smallest absolute Gasteiger partial charge is 0.0922 e. The van der Waals surface area contributed by atoms with E-state index in [4.69, 9.17) is 11.6 Å². The highest BCUT2D eigenvalue weighted by Gasteiger charge is 2.10. The first-order valence-electron chi connectivity index (χ1n) is 6.25. The number of hydrogen-bond acceptors (Lipinski definition) is 2. The van der Waals surface area contributed by atoms with Gasteiger partial charge < -0.3 is 10.3 Å².